The Balaban J connectivity index is 1.72. The van der Waals surface area contributed by atoms with Crippen molar-refractivity contribution in [1.82, 2.24) is 0 Å². The van der Waals surface area contributed by atoms with Crippen molar-refractivity contribution in [2.24, 2.45) is 11.8 Å². The monoisotopic (exact) mass is 342 g/mol. The zero-order valence-electron chi connectivity index (χ0n) is 13.8. The summed E-state index contributed by atoms with van der Waals surface area (Å²) in [6.45, 7) is 3.87. The zero-order chi connectivity index (χ0) is 18.1. The Bertz CT molecular complexity index is 1020. The molecule has 2 amide bonds. The van der Waals surface area contributed by atoms with Gasteiger partial charge in [0.2, 0.25) is 11.8 Å². The van der Waals surface area contributed by atoms with Crippen LogP contribution in [0, 0.1) is 23.2 Å². The van der Waals surface area contributed by atoms with Crippen LogP contribution in [0.2, 0.25) is 0 Å². The number of nitrogens with zero attached hydrogens (tertiary/aromatic N) is 2. The average molecular weight is 342 g/mol. The third-order valence-corrected chi connectivity index (χ3v) is 5.69. The van der Waals surface area contributed by atoms with Crippen molar-refractivity contribution in [3.8, 4) is 6.07 Å². The molecule has 2 fully saturated rings. The maximum absolute atomic E-state index is 13.3. The topological polar surface area (TPSA) is 70.4 Å². The van der Waals surface area contributed by atoms with E-state index in [0.29, 0.717) is 5.69 Å². The van der Waals surface area contributed by atoms with Crippen LogP contribution in [0.1, 0.15) is 17.2 Å². The molecule has 0 aromatic heterocycles. The molecular formula is C21H14N2O3. The average Bonchev–Trinajstić information content (AvgIpc) is 3.29. The van der Waals surface area contributed by atoms with Gasteiger partial charge in [-0.25, -0.2) is 4.90 Å². The third kappa shape index (κ3) is 1.53. The van der Waals surface area contributed by atoms with E-state index in [0.717, 1.165) is 11.1 Å². The SMILES string of the molecule is C=C(C#N)C12OC(c3ccccc31)C1C(=O)N(c3ccccc3)C(=O)C12. The first-order chi connectivity index (χ1) is 12.6. The zero-order valence-corrected chi connectivity index (χ0v) is 13.8. The number of hydrogen-bond donors (Lipinski definition) is 0. The molecule has 2 aromatic carbocycles. The first-order valence-corrected chi connectivity index (χ1v) is 8.41. The Morgan fingerprint density at radius 2 is 1.77 bits per heavy atom. The largest absolute Gasteiger partial charge is 0.355 e. The van der Waals surface area contributed by atoms with Crippen LogP contribution < -0.4 is 4.90 Å². The van der Waals surface area contributed by atoms with E-state index < -0.39 is 23.5 Å². The molecule has 0 saturated carbocycles. The van der Waals surface area contributed by atoms with Crippen molar-refractivity contribution in [2.75, 3.05) is 4.90 Å². The van der Waals surface area contributed by atoms with Crippen molar-refractivity contribution in [2.45, 2.75) is 11.7 Å². The van der Waals surface area contributed by atoms with Gasteiger partial charge in [0.15, 0.2) is 0 Å². The predicted molar refractivity (Wildman–Crippen MR) is 92.6 cm³/mol. The number of imide groups is 1. The predicted octanol–water partition coefficient (Wildman–Crippen LogP) is 2.85. The standard InChI is InChI=1S/C21H14N2O3/c1-12(11-22)21-15-10-6-5-9-14(15)18(26-21)16-17(21)20(25)23(19(16)24)13-7-3-2-4-8-13/h2-10,16-18H,1H2. The minimum absolute atomic E-state index is 0.163. The maximum atomic E-state index is 13.3. The van der Waals surface area contributed by atoms with Crippen LogP contribution in [0.25, 0.3) is 0 Å². The first-order valence-electron chi connectivity index (χ1n) is 8.41. The van der Waals surface area contributed by atoms with E-state index in [-0.39, 0.29) is 17.4 Å². The second-order valence-corrected chi connectivity index (χ2v) is 6.80. The molecule has 5 heteroatoms. The smallest absolute Gasteiger partial charge is 0.241 e. The lowest BCUT2D eigenvalue weighted by Gasteiger charge is -2.31. The summed E-state index contributed by atoms with van der Waals surface area (Å²) >= 11 is 0. The van der Waals surface area contributed by atoms with E-state index in [9.17, 15) is 14.9 Å². The normalized spacial score (nSPS) is 30.9. The molecule has 3 heterocycles. The molecule has 2 saturated heterocycles. The van der Waals surface area contributed by atoms with Crippen molar-refractivity contribution >= 4 is 17.5 Å². The van der Waals surface area contributed by atoms with Gasteiger partial charge in [0.05, 0.1) is 35.3 Å². The summed E-state index contributed by atoms with van der Waals surface area (Å²) in [4.78, 5) is 27.7. The molecule has 3 aliphatic heterocycles. The molecule has 2 bridgehead atoms. The summed E-state index contributed by atoms with van der Waals surface area (Å²) < 4.78 is 6.18. The summed E-state index contributed by atoms with van der Waals surface area (Å²) in [7, 11) is 0. The molecule has 126 valence electrons. The number of anilines is 1. The number of nitriles is 1. The van der Waals surface area contributed by atoms with Gasteiger partial charge >= 0.3 is 0 Å². The number of carbonyl (C=O) groups excluding carboxylic acids is 2. The Labute approximate surface area is 150 Å². The molecule has 0 spiro atoms. The first kappa shape index (κ1) is 15.1. The van der Waals surface area contributed by atoms with Crippen LogP contribution in [0.5, 0.6) is 0 Å². The summed E-state index contributed by atoms with van der Waals surface area (Å²) in [5, 5.41) is 9.55. The highest BCUT2D eigenvalue weighted by Gasteiger charge is 2.72. The molecular weight excluding hydrogens is 328 g/mol. The lowest BCUT2D eigenvalue weighted by atomic mass is 9.67. The van der Waals surface area contributed by atoms with Crippen LogP contribution >= 0.6 is 0 Å². The third-order valence-electron chi connectivity index (χ3n) is 5.69. The number of ether oxygens (including phenoxy) is 1. The van der Waals surface area contributed by atoms with Gasteiger partial charge < -0.3 is 4.74 Å². The Hall–Kier alpha value is -3.23. The number of hydrogen-bond acceptors (Lipinski definition) is 4. The summed E-state index contributed by atoms with van der Waals surface area (Å²) in [6.07, 6.45) is -0.536. The lowest BCUT2D eigenvalue weighted by molar-refractivity contribution is -0.127. The summed E-state index contributed by atoms with van der Waals surface area (Å²) in [6, 6.07) is 18.4. The van der Waals surface area contributed by atoms with E-state index in [1.165, 1.54) is 4.90 Å². The minimum Gasteiger partial charge on any atom is -0.355 e. The molecule has 0 radical (unpaired) electrons. The minimum atomic E-state index is -1.25. The Morgan fingerprint density at radius 1 is 1.08 bits per heavy atom. The van der Waals surface area contributed by atoms with Gasteiger partial charge in [-0.15, -0.1) is 0 Å². The highest BCUT2D eigenvalue weighted by atomic mass is 16.5. The molecule has 4 unspecified atom stereocenters. The molecule has 0 aliphatic carbocycles. The van der Waals surface area contributed by atoms with Gasteiger partial charge in [-0.3, -0.25) is 9.59 Å². The van der Waals surface area contributed by atoms with Gasteiger partial charge in [-0.2, -0.15) is 5.26 Å². The fourth-order valence-electron chi connectivity index (χ4n) is 4.68. The van der Waals surface area contributed by atoms with Gasteiger partial charge in [0.1, 0.15) is 5.60 Å². The van der Waals surface area contributed by atoms with E-state index in [2.05, 4.69) is 12.6 Å². The molecule has 5 rings (SSSR count). The van der Waals surface area contributed by atoms with E-state index in [4.69, 9.17) is 4.74 Å². The van der Waals surface area contributed by atoms with Gasteiger partial charge in [-0.1, -0.05) is 49.0 Å². The van der Waals surface area contributed by atoms with E-state index in [1.54, 1.807) is 24.3 Å². The number of para-hydroxylation sites is 1. The van der Waals surface area contributed by atoms with Crippen LogP contribution in [-0.4, -0.2) is 11.8 Å². The molecule has 2 aromatic rings. The molecule has 5 nitrogen and oxygen atoms in total. The quantitative estimate of drug-likeness (QED) is 0.621. The van der Waals surface area contributed by atoms with Crippen molar-refractivity contribution in [1.29, 1.82) is 5.26 Å². The number of carbonyl (C=O) groups is 2. The number of fused-ring (bicyclic) bond motifs is 8. The molecule has 3 aliphatic rings. The summed E-state index contributed by atoms with van der Waals surface area (Å²) in [5.41, 5.74) is 1.08. The van der Waals surface area contributed by atoms with Crippen molar-refractivity contribution < 1.29 is 14.3 Å². The van der Waals surface area contributed by atoms with Gasteiger partial charge in [-0.05, 0) is 23.3 Å². The fraction of sp³-hybridized carbons (Fsp3) is 0.190. The van der Waals surface area contributed by atoms with Crippen molar-refractivity contribution in [3.63, 3.8) is 0 Å². The van der Waals surface area contributed by atoms with Crippen LogP contribution in [0.3, 0.4) is 0 Å². The molecule has 26 heavy (non-hydrogen) atoms. The van der Waals surface area contributed by atoms with Crippen LogP contribution in [0.15, 0.2) is 66.7 Å². The number of rotatable bonds is 2. The maximum Gasteiger partial charge on any atom is 0.241 e. The van der Waals surface area contributed by atoms with E-state index >= 15 is 0 Å². The lowest BCUT2D eigenvalue weighted by Crippen LogP contribution is -2.41. The highest BCUT2D eigenvalue weighted by molar-refractivity contribution is 6.23. The highest BCUT2D eigenvalue weighted by Crippen LogP contribution is 2.66. The van der Waals surface area contributed by atoms with Crippen molar-refractivity contribution in [3.05, 3.63) is 77.9 Å². The van der Waals surface area contributed by atoms with Gasteiger partial charge in [0.25, 0.3) is 0 Å². The number of benzene rings is 2. The van der Waals surface area contributed by atoms with Gasteiger partial charge in [0, 0.05) is 0 Å². The molecule has 0 N–H and O–H groups in total. The summed E-state index contributed by atoms with van der Waals surface area (Å²) in [5.74, 6) is -2.01. The Morgan fingerprint density at radius 3 is 2.50 bits per heavy atom. The fourth-order valence-corrected chi connectivity index (χ4v) is 4.68. The second kappa shape index (κ2) is 4.90. The van der Waals surface area contributed by atoms with Crippen LogP contribution in [-0.2, 0) is 19.9 Å². The van der Waals surface area contributed by atoms with Crippen LogP contribution in [0.4, 0.5) is 5.69 Å². The molecule has 4 atom stereocenters. The number of amides is 2. The second-order valence-electron chi connectivity index (χ2n) is 6.80. The van der Waals surface area contributed by atoms with E-state index in [1.807, 2.05) is 30.3 Å². The Kier molecular flexibility index (Phi) is 2.84.